The van der Waals surface area contributed by atoms with Gasteiger partial charge in [0.2, 0.25) is 0 Å². The molecular weight excluding hydrogens is 290 g/mol. The second kappa shape index (κ2) is 4.72. The molecule has 23 heavy (non-hydrogen) atoms. The van der Waals surface area contributed by atoms with Crippen LogP contribution in [0.15, 0.2) is 30.6 Å². The predicted octanol–water partition coefficient (Wildman–Crippen LogP) is 3.61. The molecule has 3 aromatic rings. The van der Waals surface area contributed by atoms with Crippen molar-refractivity contribution in [1.82, 2.24) is 14.5 Å². The molecule has 5 heteroatoms. The number of carboxylic acid groups (broad SMARTS) is 1. The van der Waals surface area contributed by atoms with E-state index in [9.17, 15) is 9.90 Å². The van der Waals surface area contributed by atoms with Gasteiger partial charge in [0.05, 0.1) is 0 Å². The number of nitrogens with zero attached hydrogens (tertiary/aromatic N) is 2. The summed E-state index contributed by atoms with van der Waals surface area (Å²) in [5.41, 5.74) is 4.25. The van der Waals surface area contributed by atoms with E-state index in [1.807, 2.05) is 36.7 Å². The van der Waals surface area contributed by atoms with Crippen LogP contribution in [0.5, 0.6) is 0 Å². The van der Waals surface area contributed by atoms with E-state index in [0.29, 0.717) is 12.8 Å². The molecule has 0 aliphatic heterocycles. The standard InChI is InChI=1S/C18H19N3O2/c1-11-12(2)21(18(17(22)23)6-4-7-18)10-14(11)15-9-13-5-3-8-19-16(13)20-15/h3,5,8-10H,4,6-7H2,1-2H3,(H,19,20)(H,22,23). The van der Waals surface area contributed by atoms with E-state index in [1.165, 1.54) is 0 Å². The lowest BCUT2D eigenvalue weighted by Crippen LogP contribution is -2.48. The maximum absolute atomic E-state index is 11.8. The van der Waals surface area contributed by atoms with Crippen molar-refractivity contribution in [3.05, 3.63) is 41.9 Å². The van der Waals surface area contributed by atoms with E-state index in [1.54, 1.807) is 6.20 Å². The summed E-state index contributed by atoms with van der Waals surface area (Å²) in [6, 6.07) is 6.01. The highest BCUT2D eigenvalue weighted by molar-refractivity contribution is 5.84. The molecule has 1 saturated carbocycles. The second-order valence-corrected chi connectivity index (χ2v) is 6.44. The number of hydrogen-bond donors (Lipinski definition) is 2. The summed E-state index contributed by atoms with van der Waals surface area (Å²) >= 11 is 0. The summed E-state index contributed by atoms with van der Waals surface area (Å²) in [6.07, 6.45) is 6.12. The van der Waals surface area contributed by atoms with Crippen LogP contribution in [0.3, 0.4) is 0 Å². The summed E-state index contributed by atoms with van der Waals surface area (Å²) in [5.74, 6) is -0.730. The van der Waals surface area contributed by atoms with Crippen LogP contribution in [0.25, 0.3) is 22.3 Å². The summed E-state index contributed by atoms with van der Waals surface area (Å²) in [4.78, 5) is 19.5. The summed E-state index contributed by atoms with van der Waals surface area (Å²) < 4.78 is 1.96. The quantitative estimate of drug-likeness (QED) is 0.776. The number of fused-ring (bicyclic) bond motifs is 1. The molecule has 0 amide bonds. The highest BCUT2D eigenvalue weighted by atomic mass is 16.4. The molecule has 2 N–H and O–H groups in total. The van der Waals surface area contributed by atoms with Crippen LogP contribution < -0.4 is 0 Å². The number of aliphatic carboxylic acids is 1. The van der Waals surface area contributed by atoms with E-state index in [4.69, 9.17) is 0 Å². The molecule has 5 nitrogen and oxygen atoms in total. The van der Waals surface area contributed by atoms with Crippen molar-refractivity contribution < 1.29 is 9.90 Å². The molecule has 0 saturated heterocycles. The van der Waals surface area contributed by atoms with Crippen molar-refractivity contribution in [1.29, 1.82) is 0 Å². The minimum Gasteiger partial charge on any atom is -0.479 e. The smallest absolute Gasteiger partial charge is 0.329 e. The lowest BCUT2D eigenvalue weighted by molar-refractivity contribution is -0.152. The molecular formula is C18H19N3O2. The zero-order valence-electron chi connectivity index (χ0n) is 13.3. The lowest BCUT2D eigenvalue weighted by atomic mass is 9.76. The molecule has 0 bridgehead atoms. The Balaban J connectivity index is 1.87. The number of H-pyrrole nitrogens is 1. The average molecular weight is 309 g/mol. The Morgan fingerprint density at radius 3 is 2.78 bits per heavy atom. The van der Waals surface area contributed by atoms with E-state index >= 15 is 0 Å². The molecule has 3 heterocycles. The Labute approximate surface area is 134 Å². The van der Waals surface area contributed by atoms with E-state index < -0.39 is 11.5 Å². The first kappa shape index (κ1) is 14.1. The number of carboxylic acids is 1. The molecule has 0 radical (unpaired) electrons. The van der Waals surface area contributed by atoms with Crippen molar-refractivity contribution in [2.75, 3.05) is 0 Å². The first-order valence-electron chi connectivity index (χ1n) is 7.89. The molecule has 3 aromatic heterocycles. The highest BCUT2D eigenvalue weighted by Crippen LogP contribution is 2.43. The van der Waals surface area contributed by atoms with Crippen LogP contribution in [0, 0.1) is 13.8 Å². The normalized spacial score (nSPS) is 16.4. The minimum absolute atomic E-state index is 0.699. The van der Waals surface area contributed by atoms with Gasteiger partial charge in [0.15, 0.2) is 0 Å². The van der Waals surface area contributed by atoms with Gasteiger partial charge in [-0.15, -0.1) is 0 Å². The average Bonchev–Trinajstić information content (AvgIpc) is 3.02. The third-order valence-corrected chi connectivity index (χ3v) is 5.29. The first-order chi connectivity index (χ1) is 11.0. The van der Waals surface area contributed by atoms with Crippen molar-refractivity contribution >= 4 is 17.0 Å². The van der Waals surface area contributed by atoms with Crippen molar-refractivity contribution in [2.24, 2.45) is 0 Å². The van der Waals surface area contributed by atoms with Crippen LogP contribution in [0.4, 0.5) is 0 Å². The van der Waals surface area contributed by atoms with Gasteiger partial charge in [0.25, 0.3) is 0 Å². The Morgan fingerprint density at radius 1 is 1.39 bits per heavy atom. The maximum atomic E-state index is 11.8. The molecule has 0 aromatic carbocycles. The molecule has 118 valence electrons. The molecule has 4 rings (SSSR count). The first-order valence-corrected chi connectivity index (χ1v) is 7.89. The number of rotatable bonds is 3. The fourth-order valence-electron chi connectivity index (χ4n) is 3.59. The van der Waals surface area contributed by atoms with Gasteiger partial charge in [0.1, 0.15) is 11.2 Å². The monoisotopic (exact) mass is 309 g/mol. The molecule has 1 aliphatic carbocycles. The zero-order chi connectivity index (χ0) is 16.2. The fourth-order valence-corrected chi connectivity index (χ4v) is 3.59. The summed E-state index contributed by atoms with van der Waals surface area (Å²) in [5, 5.41) is 10.8. The van der Waals surface area contributed by atoms with Crippen LogP contribution in [-0.4, -0.2) is 25.6 Å². The predicted molar refractivity (Wildman–Crippen MR) is 88.5 cm³/mol. The molecule has 0 atom stereocenters. The van der Waals surface area contributed by atoms with Gasteiger partial charge in [0, 0.05) is 34.7 Å². The zero-order valence-corrected chi connectivity index (χ0v) is 13.3. The van der Waals surface area contributed by atoms with Gasteiger partial charge in [-0.1, -0.05) is 0 Å². The maximum Gasteiger partial charge on any atom is 0.329 e. The fraction of sp³-hybridized carbons (Fsp3) is 0.333. The summed E-state index contributed by atoms with van der Waals surface area (Å²) in [6.45, 7) is 4.05. The number of nitrogens with one attached hydrogen (secondary N) is 1. The van der Waals surface area contributed by atoms with Gasteiger partial charge in [-0.25, -0.2) is 9.78 Å². The van der Waals surface area contributed by atoms with Crippen LogP contribution in [0.2, 0.25) is 0 Å². The van der Waals surface area contributed by atoms with Crippen LogP contribution in [0.1, 0.15) is 30.5 Å². The number of hydrogen-bond acceptors (Lipinski definition) is 2. The number of pyridine rings is 1. The molecule has 0 unspecified atom stereocenters. The molecule has 0 spiro atoms. The number of aromatic amines is 1. The summed E-state index contributed by atoms with van der Waals surface area (Å²) in [7, 11) is 0. The van der Waals surface area contributed by atoms with Crippen molar-refractivity contribution in [3.8, 4) is 11.3 Å². The minimum atomic E-state index is -0.767. The van der Waals surface area contributed by atoms with Gasteiger partial charge in [-0.2, -0.15) is 0 Å². The van der Waals surface area contributed by atoms with Crippen LogP contribution >= 0.6 is 0 Å². The third-order valence-electron chi connectivity index (χ3n) is 5.29. The third kappa shape index (κ3) is 1.86. The van der Waals surface area contributed by atoms with Gasteiger partial charge in [-0.3, -0.25) is 0 Å². The van der Waals surface area contributed by atoms with Gasteiger partial charge < -0.3 is 14.7 Å². The Morgan fingerprint density at radius 2 is 2.17 bits per heavy atom. The molecule has 1 fully saturated rings. The van der Waals surface area contributed by atoms with E-state index in [-0.39, 0.29) is 0 Å². The Hall–Kier alpha value is -2.56. The molecule has 1 aliphatic rings. The van der Waals surface area contributed by atoms with E-state index in [2.05, 4.69) is 16.0 Å². The Bertz CT molecular complexity index is 883. The van der Waals surface area contributed by atoms with E-state index in [0.717, 1.165) is 40.0 Å². The van der Waals surface area contributed by atoms with Crippen molar-refractivity contribution in [3.63, 3.8) is 0 Å². The second-order valence-electron chi connectivity index (χ2n) is 6.44. The highest BCUT2D eigenvalue weighted by Gasteiger charge is 2.47. The van der Waals surface area contributed by atoms with Crippen molar-refractivity contribution in [2.45, 2.75) is 38.6 Å². The van der Waals surface area contributed by atoms with Gasteiger partial charge >= 0.3 is 5.97 Å². The lowest BCUT2D eigenvalue weighted by Gasteiger charge is -2.40. The Kier molecular flexibility index (Phi) is 2.88. The largest absolute Gasteiger partial charge is 0.479 e. The number of aromatic nitrogens is 3. The number of carbonyl (C=O) groups is 1. The van der Waals surface area contributed by atoms with Gasteiger partial charge in [-0.05, 0) is 56.9 Å². The topological polar surface area (TPSA) is 70.9 Å². The van der Waals surface area contributed by atoms with Crippen LogP contribution in [-0.2, 0) is 10.3 Å². The SMILES string of the molecule is Cc1c(-c2cc3cccnc3[nH]2)cn(C2(C(=O)O)CCC2)c1C.